The first-order valence-electron chi connectivity index (χ1n) is 7.08. The Hall–Kier alpha value is -0.980. The van der Waals surface area contributed by atoms with Gasteiger partial charge in [0.15, 0.2) is 0 Å². The predicted molar refractivity (Wildman–Crippen MR) is 80.7 cm³/mol. The van der Waals surface area contributed by atoms with Crippen LogP contribution in [-0.4, -0.2) is 20.1 Å². The number of hydrogen-bond acceptors (Lipinski definition) is 3. The van der Waals surface area contributed by atoms with Gasteiger partial charge in [0.1, 0.15) is 5.82 Å². The van der Waals surface area contributed by atoms with Crippen molar-refractivity contribution in [3.63, 3.8) is 0 Å². The molecule has 1 rings (SSSR count). The van der Waals surface area contributed by atoms with Gasteiger partial charge in [0.2, 0.25) is 10.0 Å². The zero-order valence-electron chi connectivity index (χ0n) is 12.9. The van der Waals surface area contributed by atoms with E-state index in [4.69, 9.17) is 0 Å². The number of benzene rings is 1. The molecular formula is C15H24FNO3S. The molecule has 2 N–H and O–H groups in total. The Morgan fingerprint density at radius 3 is 2.24 bits per heavy atom. The van der Waals surface area contributed by atoms with Gasteiger partial charge >= 0.3 is 0 Å². The van der Waals surface area contributed by atoms with E-state index in [1.54, 1.807) is 0 Å². The van der Waals surface area contributed by atoms with Crippen LogP contribution in [0, 0.1) is 23.6 Å². The van der Waals surface area contributed by atoms with Crippen molar-refractivity contribution >= 4 is 10.0 Å². The molecule has 0 bridgehead atoms. The van der Waals surface area contributed by atoms with Gasteiger partial charge in [-0.25, -0.2) is 17.5 Å². The first-order valence-corrected chi connectivity index (χ1v) is 8.56. The maximum absolute atomic E-state index is 13.3. The van der Waals surface area contributed by atoms with Gasteiger partial charge in [0.25, 0.3) is 0 Å². The number of nitrogens with one attached hydrogen (secondary N) is 1. The molecule has 0 atom stereocenters. The summed E-state index contributed by atoms with van der Waals surface area (Å²) in [6.45, 7) is 8.01. The molecule has 0 aliphatic carbocycles. The van der Waals surface area contributed by atoms with Crippen LogP contribution in [0.5, 0.6) is 0 Å². The lowest BCUT2D eigenvalue weighted by atomic mass is 9.86. The maximum Gasteiger partial charge on any atom is 0.241 e. The summed E-state index contributed by atoms with van der Waals surface area (Å²) in [5, 5.41) is 9.21. The number of aliphatic hydroxyl groups excluding tert-OH is 1. The van der Waals surface area contributed by atoms with Crippen molar-refractivity contribution in [2.24, 2.45) is 17.8 Å². The largest absolute Gasteiger partial charge is 0.392 e. The van der Waals surface area contributed by atoms with E-state index >= 15 is 0 Å². The monoisotopic (exact) mass is 317 g/mol. The topological polar surface area (TPSA) is 66.4 Å². The van der Waals surface area contributed by atoms with E-state index in [2.05, 4.69) is 4.72 Å². The van der Waals surface area contributed by atoms with Gasteiger partial charge in [-0.05, 0) is 35.4 Å². The standard InChI is InChI=1S/C15H24FNO3S/c1-10(2)14(11(3)4)8-17-21(19,20)15-7-13(16)6-5-12(15)9-18/h5-7,10-11,14,17-18H,8-9H2,1-4H3. The quantitative estimate of drug-likeness (QED) is 0.812. The third-order valence-electron chi connectivity index (χ3n) is 3.71. The normalized spacial score (nSPS) is 12.6. The lowest BCUT2D eigenvalue weighted by Crippen LogP contribution is -2.34. The van der Waals surface area contributed by atoms with E-state index in [1.165, 1.54) is 6.07 Å². The van der Waals surface area contributed by atoms with Gasteiger partial charge in [-0.3, -0.25) is 0 Å². The van der Waals surface area contributed by atoms with E-state index in [0.29, 0.717) is 18.4 Å². The SMILES string of the molecule is CC(C)C(CNS(=O)(=O)c1cc(F)ccc1CO)C(C)C. The van der Waals surface area contributed by atoms with Crippen molar-refractivity contribution in [3.8, 4) is 0 Å². The fourth-order valence-electron chi connectivity index (χ4n) is 2.43. The molecule has 0 aliphatic heterocycles. The Morgan fingerprint density at radius 1 is 1.19 bits per heavy atom. The average Bonchev–Trinajstić information content (AvgIpc) is 2.37. The Kier molecular flexibility index (Phi) is 6.31. The summed E-state index contributed by atoms with van der Waals surface area (Å²) >= 11 is 0. The summed E-state index contributed by atoms with van der Waals surface area (Å²) in [5.41, 5.74) is 0.189. The van der Waals surface area contributed by atoms with Crippen LogP contribution in [0.4, 0.5) is 4.39 Å². The van der Waals surface area contributed by atoms with Crippen LogP contribution in [0.1, 0.15) is 33.3 Å². The molecule has 0 radical (unpaired) electrons. The number of halogens is 1. The van der Waals surface area contributed by atoms with Gasteiger partial charge < -0.3 is 5.11 Å². The van der Waals surface area contributed by atoms with Crippen LogP contribution in [0.2, 0.25) is 0 Å². The van der Waals surface area contributed by atoms with Gasteiger partial charge in [0.05, 0.1) is 11.5 Å². The van der Waals surface area contributed by atoms with Crippen molar-refractivity contribution in [3.05, 3.63) is 29.6 Å². The summed E-state index contributed by atoms with van der Waals surface area (Å²) in [5.74, 6) is 0.206. The Bertz CT molecular complexity index is 562. The Morgan fingerprint density at radius 2 is 1.76 bits per heavy atom. The zero-order chi connectivity index (χ0) is 16.2. The molecule has 4 nitrogen and oxygen atoms in total. The first-order chi connectivity index (χ1) is 9.69. The summed E-state index contributed by atoms with van der Waals surface area (Å²) in [6, 6.07) is 3.36. The smallest absolute Gasteiger partial charge is 0.241 e. The predicted octanol–water partition coefficient (Wildman–Crippen LogP) is 2.52. The summed E-state index contributed by atoms with van der Waals surface area (Å²) < 4.78 is 40.5. The van der Waals surface area contributed by atoms with E-state index < -0.39 is 22.4 Å². The van der Waals surface area contributed by atoms with Crippen LogP contribution in [0.15, 0.2) is 23.1 Å². The molecule has 0 heterocycles. The lowest BCUT2D eigenvalue weighted by molar-refractivity contribution is 0.277. The average molecular weight is 317 g/mol. The van der Waals surface area contributed by atoms with Crippen molar-refractivity contribution in [2.75, 3.05) is 6.54 Å². The van der Waals surface area contributed by atoms with Crippen LogP contribution < -0.4 is 4.72 Å². The highest BCUT2D eigenvalue weighted by atomic mass is 32.2. The lowest BCUT2D eigenvalue weighted by Gasteiger charge is -2.25. The molecule has 0 spiro atoms. The van der Waals surface area contributed by atoms with Crippen LogP contribution in [-0.2, 0) is 16.6 Å². The second-order valence-electron chi connectivity index (χ2n) is 5.91. The van der Waals surface area contributed by atoms with Crippen molar-refractivity contribution in [1.82, 2.24) is 4.72 Å². The van der Waals surface area contributed by atoms with Gasteiger partial charge in [-0.1, -0.05) is 33.8 Å². The van der Waals surface area contributed by atoms with Gasteiger partial charge in [0, 0.05) is 6.54 Å². The van der Waals surface area contributed by atoms with E-state index in [-0.39, 0.29) is 16.4 Å². The fraction of sp³-hybridized carbons (Fsp3) is 0.600. The molecule has 120 valence electrons. The molecule has 0 saturated carbocycles. The molecule has 0 saturated heterocycles. The van der Waals surface area contributed by atoms with E-state index in [1.807, 2.05) is 27.7 Å². The summed E-state index contributed by atoms with van der Waals surface area (Å²) in [4.78, 5) is -0.198. The molecule has 0 amide bonds. The highest BCUT2D eigenvalue weighted by Gasteiger charge is 2.23. The highest BCUT2D eigenvalue weighted by Crippen LogP contribution is 2.22. The molecule has 0 unspecified atom stereocenters. The molecule has 1 aromatic carbocycles. The minimum Gasteiger partial charge on any atom is -0.392 e. The molecule has 0 aromatic heterocycles. The van der Waals surface area contributed by atoms with Gasteiger partial charge in [-0.15, -0.1) is 0 Å². The summed E-state index contributed by atoms with van der Waals surface area (Å²) in [6.07, 6.45) is 0. The third-order valence-corrected chi connectivity index (χ3v) is 5.22. The fourth-order valence-corrected chi connectivity index (χ4v) is 3.75. The number of aliphatic hydroxyl groups is 1. The van der Waals surface area contributed by atoms with E-state index in [0.717, 1.165) is 12.1 Å². The molecular weight excluding hydrogens is 293 g/mol. The highest BCUT2D eigenvalue weighted by molar-refractivity contribution is 7.89. The molecule has 0 aliphatic rings. The minimum atomic E-state index is -3.84. The van der Waals surface area contributed by atoms with Crippen molar-refractivity contribution < 1.29 is 17.9 Å². The second-order valence-corrected chi connectivity index (χ2v) is 7.65. The number of rotatable bonds is 7. The second kappa shape index (κ2) is 7.33. The maximum atomic E-state index is 13.3. The number of hydrogen-bond donors (Lipinski definition) is 2. The molecule has 1 aromatic rings. The van der Waals surface area contributed by atoms with Gasteiger partial charge in [-0.2, -0.15) is 0 Å². The van der Waals surface area contributed by atoms with Crippen LogP contribution >= 0.6 is 0 Å². The van der Waals surface area contributed by atoms with Crippen molar-refractivity contribution in [1.29, 1.82) is 0 Å². The molecule has 21 heavy (non-hydrogen) atoms. The first kappa shape index (κ1) is 18.1. The van der Waals surface area contributed by atoms with Crippen molar-refractivity contribution in [2.45, 2.75) is 39.2 Å². The Balaban J connectivity index is 2.99. The molecule has 0 fully saturated rings. The van der Waals surface area contributed by atoms with E-state index in [9.17, 15) is 17.9 Å². The number of sulfonamides is 1. The summed E-state index contributed by atoms with van der Waals surface area (Å²) in [7, 11) is -3.84. The zero-order valence-corrected chi connectivity index (χ0v) is 13.7. The third kappa shape index (κ3) is 4.76. The van der Waals surface area contributed by atoms with Crippen LogP contribution in [0.25, 0.3) is 0 Å². The molecule has 6 heteroatoms. The Labute approximate surface area is 126 Å². The van der Waals surface area contributed by atoms with Crippen LogP contribution in [0.3, 0.4) is 0 Å². The minimum absolute atomic E-state index is 0.186.